The van der Waals surface area contributed by atoms with E-state index in [0.717, 1.165) is 22.5 Å². The van der Waals surface area contributed by atoms with E-state index in [-0.39, 0.29) is 27.5 Å². The number of nitrogens with zero attached hydrogens (tertiary/aromatic N) is 2. The highest BCUT2D eigenvalue weighted by molar-refractivity contribution is 7.98. The molecule has 0 saturated carbocycles. The van der Waals surface area contributed by atoms with Crippen LogP contribution in [-0.4, -0.2) is 14.9 Å². The molecule has 0 unspecified atom stereocenters. The van der Waals surface area contributed by atoms with Gasteiger partial charge in [-0.25, -0.2) is 9.07 Å². The number of phenolic OH excluding ortho intramolecular Hbond substituents is 1. The van der Waals surface area contributed by atoms with Crippen LogP contribution >= 0.6 is 11.8 Å². The molecule has 0 atom stereocenters. The van der Waals surface area contributed by atoms with Gasteiger partial charge in [-0.05, 0) is 36.4 Å². The lowest BCUT2D eigenvalue weighted by Crippen LogP contribution is -2.08. The Labute approximate surface area is 163 Å². The van der Waals surface area contributed by atoms with Crippen molar-refractivity contribution in [2.75, 3.05) is 5.73 Å². The van der Waals surface area contributed by atoms with Gasteiger partial charge >= 0.3 is 6.18 Å². The number of fused-ring (bicyclic) bond motifs is 3. The maximum Gasteiger partial charge on any atom is 0.436 e. The number of aromatic nitrogens is 2. The van der Waals surface area contributed by atoms with Crippen molar-refractivity contribution < 1.29 is 22.7 Å². The summed E-state index contributed by atoms with van der Waals surface area (Å²) in [6.45, 7) is 4.00. The summed E-state index contributed by atoms with van der Waals surface area (Å²) in [5.41, 5.74) is 6.01. The number of phenols is 1. The fourth-order valence-corrected chi connectivity index (χ4v) is 4.08. The summed E-state index contributed by atoms with van der Waals surface area (Å²) in [6, 6.07) is 8.70. The van der Waals surface area contributed by atoms with E-state index in [0.29, 0.717) is 11.4 Å². The van der Waals surface area contributed by atoms with E-state index in [4.69, 9.17) is 5.73 Å². The number of hydrogen-bond donors (Lipinski definition) is 2. The molecule has 1 aliphatic rings. The number of nitrogen functional groups attached to an aromatic ring is 1. The van der Waals surface area contributed by atoms with Crippen LogP contribution in [0.1, 0.15) is 25.1 Å². The first kappa shape index (κ1) is 20.1. The lowest BCUT2D eigenvalue weighted by atomic mass is 10.0. The summed E-state index contributed by atoms with van der Waals surface area (Å²) in [6.07, 6.45) is -4.65. The molecular weight excluding hydrogens is 394 g/mol. The van der Waals surface area contributed by atoms with Crippen molar-refractivity contribution >= 4 is 17.4 Å². The topological polar surface area (TPSA) is 64.1 Å². The minimum Gasteiger partial charge on any atom is -0.505 e. The first-order chi connectivity index (χ1) is 13.3. The second-order valence-electron chi connectivity index (χ2n) is 5.74. The maximum absolute atomic E-state index is 14.3. The average Bonchev–Trinajstić information content (AvgIpc) is 3.07. The Morgan fingerprint density at radius 1 is 1.11 bits per heavy atom. The predicted molar refractivity (Wildman–Crippen MR) is 101 cm³/mol. The number of aromatic hydroxyl groups is 1. The molecule has 1 aromatic heterocycles. The van der Waals surface area contributed by atoms with Crippen LogP contribution in [-0.2, 0) is 11.9 Å². The molecule has 4 rings (SSSR count). The van der Waals surface area contributed by atoms with Crippen LogP contribution in [0.4, 0.5) is 23.2 Å². The van der Waals surface area contributed by atoms with Gasteiger partial charge in [0.15, 0.2) is 17.3 Å². The summed E-state index contributed by atoms with van der Waals surface area (Å²) >= 11 is 0.847. The molecule has 0 spiro atoms. The van der Waals surface area contributed by atoms with Crippen molar-refractivity contribution in [2.45, 2.75) is 30.7 Å². The smallest absolute Gasteiger partial charge is 0.436 e. The molecule has 28 heavy (non-hydrogen) atoms. The molecule has 2 heterocycles. The Balaban J connectivity index is 0.00000109. The second-order valence-corrected chi connectivity index (χ2v) is 6.73. The van der Waals surface area contributed by atoms with Crippen molar-refractivity contribution in [3.63, 3.8) is 0 Å². The molecule has 4 nitrogen and oxygen atoms in total. The van der Waals surface area contributed by atoms with Crippen LogP contribution in [0.15, 0.2) is 41.3 Å². The second kappa shape index (κ2) is 7.38. The van der Waals surface area contributed by atoms with Gasteiger partial charge in [0, 0.05) is 22.6 Å². The SMILES string of the molecule is CC.Nc1ccc(-n2nc(C(F)(F)F)c3c2-c2ccc(O)c(F)c2CS3)cc1. The molecule has 0 aliphatic carbocycles. The zero-order chi connectivity index (χ0) is 20.6. The normalized spacial score (nSPS) is 12.6. The summed E-state index contributed by atoms with van der Waals surface area (Å²) in [4.78, 5) is -0.0630. The molecule has 3 N–H and O–H groups in total. The van der Waals surface area contributed by atoms with Gasteiger partial charge in [0.2, 0.25) is 0 Å². The molecule has 0 radical (unpaired) electrons. The van der Waals surface area contributed by atoms with Crippen LogP contribution in [0, 0.1) is 5.82 Å². The van der Waals surface area contributed by atoms with E-state index in [1.165, 1.54) is 6.07 Å². The van der Waals surface area contributed by atoms with Gasteiger partial charge in [-0.2, -0.15) is 18.3 Å². The summed E-state index contributed by atoms with van der Waals surface area (Å²) in [5.74, 6) is -1.40. The Kier molecular flexibility index (Phi) is 5.29. The molecular formula is C19H17F4N3OS. The number of thioether (sulfide) groups is 1. The van der Waals surface area contributed by atoms with Gasteiger partial charge in [0.1, 0.15) is 0 Å². The molecule has 0 amide bonds. The number of benzene rings is 2. The fourth-order valence-electron chi connectivity index (χ4n) is 2.88. The quantitative estimate of drug-likeness (QED) is 0.403. The zero-order valence-electron chi connectivity index (χ0n) is 15.0. The minimum atomic E-state index is -4.65. The first-order valence-corrected chi connectivity index (χ1v) is 9.45. The third-order valence-electron chi connectivity index (χ3n) is 4.09. The number of halogens is 4. The van der Waals surface area contributed by atoms with Gasteiger partial charge in [0.05, 0.1) is 16.3 Å². The third kappa shape index (κ3) is 3.30. The Hall–Kier alpha value is -2.68. The van der Waals surface area contributed by atoms with Crippen molar-refractivity contribution in [3.05, 3.63) is 53.5 Å². The Morgan fingerprint density at radius 3 is 2.36 bits per heavy atom. The van der Waals surface area contributed by atoms with E-state index in [2.05, 4.69) is 5.10 Å². The standard InChI is InChI=1S/C17H11F4N3OS.C2H6/c18-13-11-7-26-15-14(10(11)5-6-12(13)25)24(23-16(15)17(19,20)21)9-3-1-8(22)2-4-9;1-2/h1-6,25H,7,22H2;1-2H3. The average molecular weight is 411 g/mol. The molecule has 3 aromatic rings. The number of nitrogens with two attached hydrogens (primary N) is 1. The highest BCUT2D eigenvalue weighted by atomic mass is 32.2. The minimum absolute atomic E-state index is 0.0287. The Bertz CT molecular complexity index is 1010. The van der Waals surface area contributed by atoms with Crippen molar-refractivity contribution in [2.24, 2.45) is 0 Å². The van der Waals surface area contributed by atoms with Gasteiger partial charge in [-0.1, -0.05) is 13.8 Å². The number of alkyl halides is 3. The highest BCUT2D eigenvalue weighted by Crippen LogP contribution is 2.49. The van der Waals surface area contributed by atoms with Gasteiger partial charge in [-0.15, -0.1) is 11.8 Å². The largest absolute Gasteiger partial charge is 0.505 e. The molecule has 9 heteroatoms. The molecule has 0 saturated heterocycles. The van der Waals surface area contributed by atoms with E-state index >= 15 is 0 Å². The predicted octanol–water partition coefficient (Wildman–Crippen LogP) is 5.62. The van der Waals surface area contributed by atoms with Crippen LogP contribution in [0.5, 0.6) is 5.75 Å². The number of anilines is 1. The summed E-state index contributed by atoms with van der Waals surface area (Å²) < 4.78 is 55.8. The number of rotatable bonds is 1. The van der Waals surface area contributed by atoms with E-state index in [9.17, 15) is 22.7 Å². The van der Waals surface area contributed by atoms with Gasteiger partial charge < -0.3 is 10.8 Å². The molecule has 148 valence electrons. The zero-order valence-corrected chi connectivity index (χ0v) is 15.8. The Morgan fingerprint density at radius 2 is 1.75 bits per heavy atom. The third-order valence-corrected chi connectivity index (χ3v) is 5.20. The van der Waals surface area contributed by atoms with Crippen molar-refractivity contribution in [3.8, 4) is 22.7 Å². The van der Waals surface area contributed by atoms with E-state index in [1.807, 2.05) is 13.8 Å². The van der Waals surface area contributed by atoms with Crippen LogP contribution in [0.3, 0.4) is 0 Å². The van der Waals surface area contributed by atoms with Gasteiger partial charge in [0.25, 0.3) is 0 Å². The molecule has 1 aliphatic heterocycles. The fraction of sp³-hybridized carbons (Fsp3) is 0.211. The van der Waals surface area contributed by atoms with E-state index < -0.39 is 23.4 Å². The molecule has 2 aromatic carbocycles. The molecule has 0 fully saturated rings. The van der Waals surface area contributed by atoms with Crippen LogP contribution in [0.25, 0.3) is 16.9 Å². The van der Waals surface area contributed by atoms with Crippen molar-refractivity contribution in [1.29, 1.82) is 0 Å². The first-order valence-electron chi connectivity index (χ1n) is 8.47. The monoisotopic (exact) mass is 411 g/mol. The van der Waals surface area contributed by atoms with Crippen LogP contribution < -0.4 is 5.73 Å². The summed E-state index contributed by atoms with van der Waals surface area (Å²) in [5, 5.41) is 13.3. The van der Waals surface area contributed by atoms with Crippen molar-refractivity contribution in [1.82, 2.24) is 9.78 Å². The van der Waals surface area contributed by atoms with Gasteiger partial charge in [-0.3, -0.25) is 0 Å². The highest BCUT2D eigenvalue weighted by Gasteiger charge is 2.42. The summed E-state index contributed by atoms with van der Waals surface area (Å²) in [7, 11) is 0. The lowest BCUT2D eigenvalue weighted by Gasteiger charge is -2.19. The van der Waals surface area contributed by atoms with E-state index in [1.54, 1.807) is 24.3 Å². The maximum atomic E-state index is 14.3. The molecule has 0 bridgehead atoms. The van der Waals surface area contributed by atoms with Crippen LogP contribution in [0.2, 0.25) is 0 Å². The lowest BCUT2D eigenvalue weighted by molar-refractivity contribution is -0.143. The number of hydrogen-bond acceptors (Lipinski definition) is 4.